The smallest absolute Gasteiger partial charge is 0.378 e. The molecule has 0 bridgehead atoms. The first-order valence-corrected chi connectivity index (χ1v) is 14.0. The van der Waals surface area contributed by atoms with E-state index in [2.05, 4.69) is 26.3 Å². The Labute approximate surface area is 250 Å². The molecule has 0 spiro atoms. The summed E-state index contributed by atoms with van der Waals surface area (Å²) in [5.41, 5.74) is -2.41. The first-order chi connectivity index (χ1) is 20.9. The van der Waals surface area contributed by atoms with E-state index in [0.29, 0.717) is 57.5 Å². The van der Waals surface area contributed by atoms with E-state index in [4.69, 9.17) is 4.74 Å². The number of likely N-dealkylation sites (N-methyl/N-ethyl adjacent to an activating group) is 1. The monoisotopic (exact) mass is 613 g/mol. The number of hydrogen-bond donors (Lipinski definition) is 2. The molecule has 14 heteroatoms. The minimum Gasteiger partial charge on any atom is -0.378 e. The van der Waals surface area contributed by atoms with E-state index >= 15 is 4.39 Å². The average Bonchev–Trinajstić information content (AvgIpc) is 2.99. The van der Waals surface area contributed by atoms with Crippen LogP contribution < -0.4 is 20.7 Å². The van der Waals surface area contributed by atoms with Gasteiger partial charge in [-0.15, -0.1) is 0 Å². The second-order valence-electron chi connectivity index (χ2n) is 11.0. The van der Waals surface area contributed by atoms with E-state index in [0.717, 1.165) is 0 Å². The summed E-state index contributed by atoms with van der Waals surface area (Å²) in [5.74, 6) is -1.37. The summed E-state index contributed by atoms with van der Waals surface area (Å²) >= 11 is 0. The number of carbonyl (C=O) groups excluding carboxylic acids is 1. The molecule has 0 radical (unpaired) electrons. The topological polar surface area (TPSA) is 118 Å². The summed E-state index contributed by atoms with van der Waals surface area (Å²) < 4.78 is 62.5. The van der Waals surface area contributed by atoms with Crippen LogP contribution in [0.1, 0.15) is 35.3 Å². The van der Waals surface area contributed by atoms with Gasteiger partial charge in [0.1, 0.15) is 17.7 Å². The largest absolute Gasteiger partial charge is 0.417 e. The van der Waals surface area contributed by atoms with Gasteiger partial charge in [-0.25, -0.2) is 9.37 Å². The second-order valence-corrected chi connectivity index (χ2v) is 11.0. The predicted molar refractivity (Wildman–Crippen MR) is 156 cm³/mol. The Balaban J connectivity index is 1.59. The number of aromatic nitrogens is 2. The number of pyridine rings is 2. The molecule has 0 aliphatic carbocycles. The summed E-state index contributed by atoms with van der Waals surface area (Å²) in [4.78, 5) is 37.5. The molecule has 10 nitrogen and oxygen atoms in total. The molecule has 2 atom stereocenters. The summed E-state index contributed by atoms with van der Waals surface area (Å²) in [6.45, 7) is 6.93. The molecule has 4 heterocycles. The van der Waals surface area contributed by atoms with Crippen molar-refractivity contribution in [3.63, 3.8) is 0 Å². The number of morpholine rings is 1. The molecule has 2 unspecified atom stereocenters. The first kappa shape index (κ1) is 31.0. The third-order valence-electron chi connectivity index (χ3n) is 8.12. The van der Waals surface area contributed by atoms with Crippen LogP contribution in [-0.4, -0.2) is 79.3 Å². The fourth-order valence-electron chi connectivity index (χ4n) is 5.54. The highest BCUT2D eigenvalue weighted by atomic mass is 19.4. The van der Waals surface area contributed by atoms with Crippen molar-refractivity contribution >= 4 is 23.1 Å². The average molecular weight is 614 g/mol. The van der Waals surface area contributed by atoms with Crippen LogP contribution in [0.25, 0.3) is 11.1 Å². The zero-order valence-electron chi connectivity index (χ0n) is 24.3. The van der Waals surface area contributed by atoms with E-state index in [1.807, 2.05) is 30.7 Å². The number of rotatable bonds is 5. The third-order valence-corrected chi connectivity index (χ3v) is 8.12. The molecule has 3 aromatic rings. The highest BCUT2D eigenvalue weighted by Crippen LogP contribution is 2.38. The maximum atomic E-state index is 15.9. The molecule has 2 N–H and O–H groups in total. The maximum Gasteiger partial charge on any atom is 0.417 e. The van der Waals surface area contributed by atoms with E-state index in [1.165, 1.54) is 24.4 Å². The molecule has 2 saturated heterocycles. The lowest BCUT2D eigenvalue weighted by Crippen LogP contribution is -2.55. The molecule has 44 heavy (non-hydrogen) atoms. The molecule has 2 aliphatic rings. The van der Waals surface area contributed by atoms with Crippen LogP contribution in [0.2, 0.25) is 0 Å². The van der Waals surface area contributed by atoms with Crippen LogP contribution in [0.4, 0.5) is 34.8 Å². The number of carbonyl (C=O) groups is 1. The molecule has 1 aromatic carbocycles. The van der Waals surface area contributed by atoms with Crippen LogP contribution in [0.3, 0.4) is 0 Å². The second kappa shape index (κ2) is 12.3. The molecular weight excluding hydrogens is 582 g/mol. The fraction of sp³-hybridized carbons (Fsp3) is 0.400. The zero-order valence-corrected chi connectivity index (χ0v) is 24.3. The van der Waals surface area contributed by atoms with Crippen LogP contribution in [0.5, 0.6) is 0 Å². The Morgan fingerprint density at radius 1 is 1.11 bits per heavy atom. The number of amides is 1. The Hall–Kier alpha value is -4.48. The van der Waals surface area contributed by atoms with Crippen molar-refractivity contribution in [1.29, 1.82) is 5.26 Å². The van der Waals surface area contributed by atoms with Gasteiger partial charge in [0.15, 0.2) is 0 Å². The number of hydrogen-bond acceptors (Lipinski definition) is 8. The third kappa shape index (κ3) is 6.24. The number of anilines is 3. The number of piperazine rings is 1. The summed E-state index contributed by atoms with van der Waals surface area (Å²) in [5, 5.41) is 12.4. The van der Waals surface area contributed by atoms with Gasteiger partial charge in [-0.1, -0.05) is 0 Å². The number of benzene rings is 1. The molecule has 232 valence electrons. The van der Waals surface area contributed by atoms with Crippen LogP contribution in [0.15, 0.2) is 41.5 Å². The Bertz CT molecular complexity index is 1650. The molecule has 2 aliphatic heterocycles. The maximum absolute atomic E-state index is 15.9. The van der Waals surface area contributed by atoms with Crippen molar-refractivity contribution in [1.82, 2.24) is 14.9 Å². The van der Waals surface area contributed by atoms with Gasteiger partial charge in [0.2, 0.25) is 5.56 Å². The lowest BCUT2D eigenvalue weighted by Gasteiger charge is -2.44. The fourth-order valence-corrected chi connectivity index (χ4v) is 5.54. The van der Waals surface area contributed by atoms with Gasteiger partial charge >= 0.3 is 6.18 Å². The SMILES string of the molecule is CC1CN(c2cc(F)c(-c3cnc(N4CCOCC4)c(C#N)c3)cc2NC(=O)c2c[nH]c(=O)cc2C(F)(F)F)CC(C)N1C. The zero-order chi connectivity index (χ0) is 31.8. The summed E-state index contributed by atoms with van der Waals surface area (Å²) in [7, 11) is 1.97. The van der Waals surface area contributed by atoms with E-state index in [-0.39, 0.29) is 40.1 Å². The molecule has 2 aromatic heterocycles. The quantitative estimate of drug-likeness (QED) is 0.414. The van der Waals surface area contributed by atoms with Crippen molar-refractivity contribution in [2.75, 3.05) is 61.6 Å². The molecule has 2 fully saturated rings. The van der Waals surface area contributed by atoms with Gasteiger partial charge < -0.3 is 24.8 Å². The highest BCUT2D eigenvalue weighted by molar-refractivity contribution is 6.07. The number of ether oxygens (including phenoxy) is 1. The van der Waals surface area contributed by atoms with E-state index < -0.39 is 34.6 Å². The lowest BCUT2D eigenvalue weighted by molar-refractivity contribution is -0.138. The van der Waals surface area contributed by atoms with E-state index in [1.54, 1.807) is 0 Å². The van der Waals surface area contributed by atoms with Gasteiger partial charge in [0.25, 0.3) is 5.91 Å². The number of aromatic amines is 1. The van der Waals surface area contributed by atoms with Gasteiger partial charge in [-0.2, -0.15) is 18.4 Å². The normalized spacial score (nSPS) is 19.5. The van der Waals surface area contributed by atoms with Crippen molar-refractivity contribution in [3.05, 3.63) is 69.5 Å². The minimum atomic E-state index is -4.97. The van der Waals surface area contributed by atoms with Crippen molar-refractivity contribution in [2.24, 2.45) is 0 Å². The van der Waals surface area contributed by atoms with Gasteiger partial charge in [0, 0.05) is 67.8 Å². The molecular formula is C30H31F4N7O3. The number of alkyl halides is 3. The van der Waals surface area contributed by atoms with E-state index in [9.17, 15) is 28.0 Å². The van der Waals surface area contributed by atoms with Crippen LogP contribution in [-0.2, 0) is 10.9 Å². The van der Waals surface area contributed by atoms with Crippen LogP contribution in [0, 0.1) is 17.1 Å². The molecule has 5 rings (SSSR count). The van der Waals surface area contributed by atoms with Crippen molar-refractivity contribution in [3.8, 4) is 17.2 Å². The number of H-pyrrole nitrogens is 1. The van der Waals surface area contributed by atoms with Crippen molar-refractivity contribution < 1.29 is 27.1 Å². The molecule has 0 saturated carbocycles. The predicted octanol–water partition coefficient (Wildman–Crippen LogP) is 4.08. The first-order valence-electron chi connectivity index (χ1n) is 14.0. The Kier molecular flexibility index (Phi) is 8.62. The number of nitrogens with one attached hydrogen (secondary N) is 2. The summed E-state index contributed by atoms with van der Waals surface area (Å²) in [6.07, 6.45) is -2.85. The Morgan fingerprint density at radius 2 is 1.80 bits per heavy atom. The van der Waals surface area contributed by atoms with Gasteiger partial charge in [-0.05, 0) is 39.1 Å². The standard InChI is InChI=1S/C30H31F4N7O3/c1-17-15-41(16-18(2)39(17)3)26-11-24(31)21(20-8-19(12-35)28(37-13-20)40-4-6-44-7-5-40)9-25(26)38-29(43)22-14-36-27(42)10-23(22)30(32,33)34/h8-11,13-14,17-18H,4-7,15-16H2,1-3H3,(H,36,42)(H,38,43). The number of halogens is 4. The highest BCUT2D eigenvalue weighted by Gasteiger charge is 2.36. The minimum absolute atomic E-state index is 0.00526. The van der Waals surface area contributed by atoms with Crippen molar-refractivity contribution in [2.45, 2.75) is 32.1 Å². The lowest BCUT2D eigenvalue weighted by atomic mass is 10.0. The number of nitrogens with zero attached hydrogens (tertiary/aromatic N) is 5. The Morgan fingerprint density at radius 3 is 2.43 bits per heavy atom. The molecule has 1 amide bonds. The summed E-state index contributed by atoms with van der Waals surface area (Å²) in [6, 6.07) is 6.59. The number of nitriles is 1. The van der Waals surface area contributed by atoms with Gasteiger partial charge in [0.05, 0.1) is 41.3 Å². The van der Waals surface area contributed by atoms with Gasteiger partial charge in [-0.3, -0.25) is 14.5 Å². The van der Waals surface area contributed by atoms with Crippen LogP contribution >= 0.6 is 0 Å².